The predicted molar refractivity (Wildman–Crippen MR) is 52.0 cm³/mol. The van der Waals surface area contributed by atoms with Gasteiger partial charge in [-0.1, -0.05) is 20.8 Å². The molecule has 2 heteroatoms. The zero-order valence-electron chi connectivity index (χ0n) is 7.76. The van der Waals surface area contributed by atoms with E-state index in [1.807, 2.05) is 0 Å². The highest BCUT2D eigenvalue weighted by molar-refractivity contribution is 5.85. The molecule has 0 aromatic carbocycles. The van der Waals surface area contributed by atoms with E-state index in [-0.39, 0.29) is 12.4 Å². The molecule has 0 unspecified atom stereocenters. The lowest BCUT2D eigenvalue weighted by Crippen LogP contribution is -2.36. The maximum atomic E-state index is 5.90. The number of nitrogens with two attached hydrogens (primary N) is 1. The maximum Gasteiger partial charge on any atom is 0.00464 e. The standard InChI is InChI=1S/C9H19N.ClH/c1-7-4-8(10)6-9(2,3)5-7;/h7-8H,4-6,10H2,1-3H3;1H/t7-,8+;/m1./s1. The summed E-state index contributed by atoms with van der Waals surface area (Å²) in [7, 11) is 0. The van der Waals surface area contributed by atoms with Gasteiger partial charge in [-0.2, -0.15) is 0 Å². The van der Waals surface area contributed by atoms with Crippen molar-refractivity contribution >= 4 is 12.4 Å². The van der Waals surface area contributed by atoms with Crippen molar-refractivity contribution in [3.8, 4) is 0 Å². The molecule has 0 amide bonds. The summed E-state index contributed by atoms with van der Waals surface area (Å²) in [5.41, 5.74) is 6.40. The smallest absolute Gasteiger partial charge is 0.00464 e. The summed E-state index contributed by atoms with van der Waals surface area (Å²) in [6.07, 6.45) is 3.78. The van der Waals surface area contributed by atoms with E-state index in [0.717, 1.165) is 5.92 Å². The Morgan fingerprint density at radius 1 is 1.27 bits per heavy atom. The molecule has 0 aromatic heterocycles. The van der Waals surface area contributed by atoms with Gasteiger partial charge in [0, 0.05) is 6.04 Å². The molecule has 0 aromatic rings. The molecule has 0 radical (unpaired) electrons. The molecular weight excluding hydrogens is 158 g/mol. The Morgan fingerprint density at radius 3 is 2.18 bits per heavy atom. The highest BCUT2D eigenvalue weighted by atomic mass is 35.5. The van der Waals surface area contributed by atoms with Crippen molar-refractivity contribution in [1.29, 1.82) is 0 Å². The second-order valence-electron chi connectivity index (χ2n) is 4.67. The monoisotopic (exact) mass is 177 g/mol. The van der Waals surface area contributed by atoms with Crippen molar-refractivity contribution in [2.45, 2.75) is 46.1 Å². The second-order valence-corrected chi connectivity index (χ2v) is 4.67. The van der Waals surface area contributed by atoms with Gasteiger partial charge in [-0.25, -0.2) is 0 Å². The van der Waals surface area contributed by atoms with Gasteiger partial charge < -0.3 is 5.73 Å². The van der Waals surface area contributed by atoms with Crippen LogP contribution in [0.15, 0.2) is 0 Å². The summed E-state index contributed by atoms with van der Waals surface area (Å²) in [5, 5.41) is 0. The van der Waals surface area contributed by atoms with Crippen LogP contribution in [0.5, 0.6) is 0 Å². The van der Waals surface area contributed by atoms with E-state index in [4.69, 9.17) is 5.73 Å². The molecular formula is C9H20ClN. The maximum absolute atomic E-state index is 5.90. The third-order valence-corrected chi connectivity index (χ3v) is 2.42. The van der Waals surface area contributed by atoms with Crippen LogP contribution in [0.1, 0.15) is 40.0 Å². The third-order valence-electron chi connectivity index (χ3n) is 2.42. The highest BCUT2D eigenvalue weighted by Crippen LogP contribution is 2.37. The molecule has 0 spiro atoms. The fraction of sp³-hybridized carbons (Fsp3) is 1.00. The van der Waals surface area contributed by atoms with Crippen molar-refractivity contribution in [3.05, 3.63) is 0 Å². The minimum atomic E-state index is 0. The number of halogens is 1. The molecule has 1 saturated carbocycles. The molecule has 1 nitrogen and oxygen atoms in total. The zero-order valence-corrected chi connectivity index (χ0v) is 8.58. The fourth-order valence-electron chi connectivity index (χ4n) is 2.42. The summed E-state index contributed by atoms with van der Waals surface area (Å²) in [6.45, 7) is 6.95. The Balaban J connectivity index is 0.000001000. The zero-order chi connectivity index (χ0) is 7.78. The molecule has 1 aliphatic carbocycles. The topological polar surface area (TPSA) is 26.0 Å². The molecule has 11 heavy (non-hydrogen) atoms. The van der Waals surface area contributed by atoms with Crippen LogP contribution >= 0.6 is 12.4 Å². The Morgan fingerprint density at radius 2 is 1.82 bits per heavy atom. The van der Waals surface area contributed by atoms with Crippen molar-refractivity contribution in [2.24, 2.45) is 17.1 Å². The van der Waals surface area contributed by atoms with Gasteiger partial charge in [0.15, 0.2) is 0 Å². The lowest BCUT2D eigenvalue weighted by molar-refractivity contribution is 0.170. The van der Waals surface area contributed by atoms with E-state index in [9.17, 15) is 0 Å². The number of hydrogen-bond acceptors (Lipinski definition) is 1. The molecule has 1 aliphatic rings. The van der Waals surface area contributed by atoms with Crippen molar-refractivity contribution in [1.82, 2.24) is 0 Å². The Kier molecular flexibility index (Phi) is 3.86. The summed E-state index contributed by atoms with van der Waals surface area (Å²) in [6, 6.07) is 0.457. The molecule has 1 rings (SSSR count). The van der Waals surface area contributed by atoms with Gasteiger partial charge in [0.25, 0.3) is 0 Å². The van der Waals surface area contributed by atoms with Crippen LogP contribution in [0.4, 0.5) is 0 Å². The van der Waals surface area contributed by atoms with Gasteiger partial charge in [0.1, 0.15) is 0 Å². The van der Waals surface area contributed by atoms with Gasteiger partial charge in [-0.3, -0.25) is 0 Å². The molecule has 0 aliphatic heterocycles. The highest BCUT2D eigenvalue weighted by Gasteiger charge is 2.29. The van der Waals surface area contributed by atoms with Crippen LogP contribution in [0.3, 0.4) is 0 Å². The van der Waals surface area contributed by atoms with Crippen molar-refractivity contribution < 1.29 is 0 Å². The summed E-state index contributed by atoms with van der Waals surface area (Å²) < 4.78 is 0. The summed E-state index contributed by atoms with van der Waals surface area (Å²) in [5.74, 6) is 0.832. The van der Waals surface area contributed by atoms with E-state index < -0.39 is 0 Å². The molecule has 0 bridgehead atoms. The molecule has 2 atom stereocenters. The Bertz CT molecular complexity index is 111. The first-order valence-electron chi connectivity index (χ1n) is 4.25. The minimum absolute atomic E-state index is 0. The van der Waals surface area contributed by atoms with Gasteiger partial charge in [0.2, 0.25) is 0 Å². The van der Waals surface area contributed by atoms with Gasteiger partial charge >= 0.3 is 0 Å². The third kappa shape index (κ3) is 3.44. The first-order chi connectivity index (χ1) is 4.49. The largest absolute Gasteiger partial charge is 0.328 e. The van der Waals surface area contributed by atoms with E-state index >= 15 is 0 Å². The summed E-state index contributed by atoms with van der Waals surface area (Å²) >= 11 is 0. The van der Waals surface area contributed by atoms with Crippen LogP contribution in [-0.2, 0) is 0 Å². The first kappa shape index (κ1) is 11.2. The molecule has 2 N–H and O–H groups in total. The molecule has 68 valence electrons. The lowest BCUT2D eigenvalue weighted by Gasteiger charge is -2.37. The van der Waals surface area contributed by atoms with E-state index in [0.29, 0.717) is 11.5 Å². The SMILES string of the molecule is C[C@@H]1C[C@H](N)CC(C)(C)C1.Cl. The second kappa shape index (κ2) is 3.77. The van der Waals surface area contributed by atoms with E-state index in [1.54, 1.807) is 0 Å². The molecule has 1 fully saturated rings. The normalized spacial score (nSPS) is 36.0. The van der Waals surface area contributed by atoms with Crippen LogP contribution in [0, 0.1) is 11.3 Å². The van der Waals surface area contributed by atoms with Crippen LogP contribution < -0.4 is 5.73 Å². The van der Waals surface area contributed by atoms with Gasteiger partial charge in [0.05, 0.1) is 0 Å². The average molecular weight is 178 g/mol. The van der Waals surface area contributed by atoms with Gasteiger partial charge in [-0.15, -0.1) is 12.4 Å². The average Bonchev–Trinajstić information content (AvgIpc) is 1.54. The van der Waals surface area contributed by atoms with Gasteiger partial charge in [-0.05, 0) is 30.6 Å². The molecule has 0 heterocycles. The molecule has 0 saturated heterocycles. The van der Waals surface area contributed by atoms with Crippen LogP contribution in [0.25, 0.3) is 0 Å². The summed E-state index contributed by atoms with van der Waals surface area (Å²) in [4.78, 5) is 0. The van der Waals surface area contributed by atoms with E-state index in [2.05, 4.69) is 20.8 Å². The predicted octanol–water partition coefficient (Wildman–Crippen LogP) is 2.58. The quantitative estimate of drug-likeness (QED) is 0.605. The van der Waals surface area contributed by atoms with E-state index in [1.165, 1.54) is 19.3 Å². The van der Waals surface area contributed by atoms with Crippen LogP contribution in [-0.4, -0.2) is 6.04 Å². The number of rotatable bonds is 0. The van der Waals surface area contributed by atoms with Crippen LogP contribution in [0.2, 0.25) is 0 Å². The fourth-order valence-corrected chi connectivity index (χ4v) is 2.42. The number of hydrogen-bond donors (Lipinski definition) is 1. The lowest BCUT2D eigenvalue weighted by atomic mass is 9.71. The van der Waals surface area contributed by atoms with Crippen molar-refractivity contribution in [3.63, 3.8) is 0 Å². The minimum Gasteiger partial charge on any atom is -0.328 e. The van der Waals surface area contributed by atoms with Crippen molar-refractivity contribution in [2.75, 3.05) is 0 Å². The first-order valence-corrected chi connectivity index (χ1v) is 4.25. The Hall–Kier alpha value is 0.250. The Labute approximate surface area is 76.1 Å².